The minimum absolute atomic E-state index is 0.0181. The van der Waals surface area contributed by atoms with E-state index in [1.807, 2.05) is 6.92 Å². The van der Waals surface area contributed by atoms with Crippen molar-refractivity contribution in [1.29, 1.82) is 0 Å². The van der Waals surface area contributed by atoms with Crippen molar-refractivity contribution in [2.75, 3.05) is 52.5 Å². The average Bonchev–Trinajstić information content (AvgIpc) is 2.84. The van der Waals surface area contributed by atoms with Gasteiger partial charge in [0.15, 0.2) is 0 Å². The number of carbonyl (C=O) groups excluding carboxylic acids is 1. The maximum absolute atomic E-state index is 12.8. The number of likely N-dealkylation sites (tertiary alicyclic amines) is 1. The van der Waals surface area contributed by atoms with Gasteiger partial charge < -0.3 is 9.64 Å². The molecular weight excluding hydrogens is 290 g/mol. The highest BCUT2D eigenvalue weighted by molar-refractivity contribution is 5.81. The third kappa shape index (κ3) is 5.44. The van der Waals surface area contributed by atoms with E-state index in [4.69, 9.17) is 4.74 Å². The van der Waals surface area contributed by atoms with Crippen LogP contribution in [-0.4, -0.2) is 85.2 Å². The average molecular weight is 325 g/mol. The summed E-state index contributed by atoms with van der Waals surface area (Å²) in [6.07, 6.45) is 4.88. The summed E-state index contributed by atoms with van der Waals surface area (Å²) < 4.78 is 5.47. The molecule has 2 fully saturated rings. The van der Waals surface area contributed by atoms with E-state index >= 15 is 0 Å². The molecule has 5 heteroatoms. The number of ether oxygens (including phenoxy) is 1. The second kappa shape index (κ2) is 9.60. The Labute approximate surface area is 141 Å². The Balaban J connectivity index is 1.81. The van der Waals surface area contributed by atoms with Gasteiger partial charge in [-0.3, -0.25) is 14.6 Å². The SMILES string of the molecule is CCOCCN1CCN([C@@H](C)C(=O)N2CCCCCC2)C[C@H]1C. The zero-order chi connectivity index (χ0) is 16.7. The minimum atomic E-state index is 0.0181. The van der Waals surface area contributed by atoms with Crippen molar-refractivity contribution in [3.63, 3.8) is 0 Å². The van der Waals surface area contributed by atoms with Crippen LogP contribution >= 0.6 is 0 Å². The molecule has 0 aromatic carbocycles. The van der Waals surface area contributed by atoms with Crippen LogP contribution in [0, 0.1) is 0 Å². The molecule has 0 radical (unpaired) electrons. The highest BCUT2D eigenvalue weighted by atomic mass is 16.5. The third-order valence-corrected chi connectivity index (χ3v) is 5.35. The van der Waals surface area contributed by atoms with E-state index in [1.54, 1.807) is 0 Å². The largest absolute Gasteiger partial charge is 0.380 e. The van der Waals surface area contributed by atoms with Crippen LogP contribution in [-0.2, 0) is 9.53 Å². The molecule has 2 aliphatic heterocycles. The lowest BCUT2D eigenvalue weighted by atomic mass is 10.1. The first-order chi connectivity index (χ1) is 11.1. The molecule has 2 heterocycles. The number of hydrogen-bond donors (Lipinski definition) is 0. The van der Waals surface area contributed by atoms with Crippen molar-refractivity contribution in [1.82, 2.24) is 14.7 Å². The van der Waals surface area contributed by atoms with Crippen LogP contribution in [0.4, 0.5) is 0 Å². The number of rotatable bonds is 6. The fourth-order valence-electron chi connectivity index (χ4n) is 3.74. The van der Waals surface area contributed by atoms with Gasteiger partial charge in [-0.2, -0.15) is 0 Å². The van der Waals surface area contributed by atoms with Gasteiger partial charge in [0.05, 0.1) is 12.6 Å². The molecular formula is C18H35N3O2. The van der Waals surface area contributed by atoms with Crippen molar-refractivity contribution < 1.29 is 9.53 Å². The lowest BCUT2D eigenvalue weighted by Crippen LogP contribution is -2.58. The van der Waals surface area contributed by atoms with Gasteiger partial charge in [0.2, 0.25) is 5.91 Å². The highest BCUT2D eigenvalue weighted by Crippen LogP contribution is 2.16. The van der Waals surface area contributed by atoms with Crippen LogP contribution in [0.25, 0.3) is 0 Å². The maximum atomic E-state index is 12.8. The molecule has 0 bridgehead atoms. The first-order valence-corrected chi connectivity index (χ1v) is 9.48. The van der Waals surface area contributed by atoms with Crippen LogP contribution in [0.3, 0.4) is 0 Å². The van der Waals surface area contributed by atoms with E-state index in [2.05, 4.69) is 28.5 Å². The van der Waals surface area contributed by atoms with Gasteiger partial charge in [-0.15, -0.1) is 0 Å². The summed E-state index contributed by atoms with van der Waals surface area (Å²) in [5, 5.41) is 0. The summed E-state index contributed by atoms with van der Waals surface area (Å²) in [5.74, 6) is 0.335. The standard InChI is InChI=1S/C18H35N3O2/c1-4-23-14-13-19-11-12-21(15-16(19)2)17(3)18(22)20-9-7-5-6-8-10-20/h16-17H,4-15H2,1-3H3/t16-,17+/m1/s1. The summed E-state index contributed by atoms with van der Waals surface area (Å²) in [6, 6.07) is 0.508. The number of nitrogens with zero attached hydrogens (tertiary/aromatic N) is 3. The van der Waals surface area contributed by atoms with Gasteiger partial charge in [0.1, 0.15) is 0 Å². The molecule has 2 rings (SSSR count). The summed E-state index contributed by atoms with van der Waals surface area (Å²) in [4.78, 5) is 19.8. The second-order valence-corrected chi connectivity index (χ2v) is 6.99. The van der Waals surface area contributed by atoms with Gasteiger partial charge in [-0.1, -0.05) is 12.8 Å². The number of amides is 1. The summed E-state index contributed by atoms with van der Waals surface area (Å²) in [7, 11) is 0. The van der Waals surface area contributed by atoms with Gasteiger partial charge in [0.25, 0.3) is 0 Å². The molecule has 23 heavy (non-hydrogen) atoms. The van der Waals surface area contributed by atoms with Crippen LogP contribution in [0.2, 0.25) is 0 Å². The van der Waals surface area contributed by atoms with Crippen molar-refractivity contribution in [2.45, 2.75) is 58.5 Å². The van der Waals surface area contributed by atoms with Crippen molar-refractivity contribution in [2.24, 2.45) is 0 Å². The normalized spacial score (nSPS) is 26.0. The number of carbonyl (C=O) groups is 1. The first kappa shape index (κ1) is 18.7. The molecule has 1 amide bonds. The van der Waals surface area contributed by atoms with Crippen LogP contribution in [0.5, 0.6) is 0 Å². The van der Waals surface area contributed by atoms with Gasteiger partial charge in [-0.05, 0) is 33.6 Å². The van der Waals surface area contributed by atoms with E-state index in [0.717, 1.165) is 52.5 Å². The zero-order valence-electron chi connectivity index (χ0n) is 15.3. The Kier molecular flexibility index (Phi) is 7.80. The van der Waals surface area contributed by atoms with Gasteiger partial charge >= 0.3 is 0 Å². The number of piperazine rings is 1. The number of hydrogen-bond acceptors (Lipinski definition) is 4. The molecule has 0 aromatic heterocycles. The summed E-state index contributed by atoms with van der Waals surface area (Å²) >= 11 is 0. The van der Waals surface area contributed by atoms with Crippen LogP contribution in [0.1, 0.15) is 46.5 Å². The monoisotopic (exact) mass is 325 g/mol. The van der Waals surface area contributed by atoms with Crippen LogP contribution < -0.4 is 0 Å². The fraction of sp³-hybridized carbons (Fsp3) is 0.944. The van der Waals surface area contributed by atoms with E-state index < -0.39 is 0 Å². The lowest BCUT2D eigenvalue weighted by molar-refractivity contribution is -0.137. The molecule has 2 aliphatic rings. The molecule has 2 saturated heterocycles. The molecule has 0 saturated carbocycles. The first-order valence-electron chi connectivity index (χ1n) is 9.48. The zero-order valence-corrected chi connectivity index (χ0v) is 15.3. The molecule has 0 unspecified atom stereocenters. The molecule has 134 valence electrons. The van der Waals surface area contributed by atoms with E-state index in [0.29, 0.717) is 11.9 Å². The van der Waals surface area contributed by atoms with Crippen molar-refractivity contribution in [3.8, 4) is 0 Å². The predicted molar refractivity (Wildman–Crippen MR) is 93.6 cm³/mol. The van der Waals surface area contributed by atoms with E-state index in [9.17, 15) is 4.79 Å². The molecule has 0 aromatic rings. The summed E-state index contributed by atoms with van der Waals surface area (Å²) in [5.41, 5.74) is 0. The van der Waals surface area contributed by atoms with Crippen molar-refractivity contribution in [3.05, 3.63) is 0 Å². The highest BCUT2D eigenvalue weighted by Gasteiger charge is 2.31. The van der Waals surface area contributed by atoms with E-state index in [-0.39, 0.29) is 6.04 Å². The molecule has 5 nitrogen and oxygen atoms in total. The Morgan fingerprint density at radius 2 is 1.83 bits per heavy atom. The van der Waals surface area contributed by atoms with E-state index in [1.165, 1.54) is 25.7 Å². The minimum Gasteiger partial charge on any atom is -0.380 e. The van der Waals surface area contributed by atoms with Gasteiger partial charge in [-0.25, -0.2) is 0 Å². The second-order valence-electron chi connectivity index (χ2n) is 6.99. The quantitative estimate of drug-likeness (QED) is 0.698. The van der Waals surface area contributed by atoms with Crippen molar-refractivity contribution >= 4 is 5.91 Å². The lowest BCUT2D eigenvalue weighted by Gasteiger charge is -2.42. The third-order valence-electron chi connectivity index (χ3n) is 5.35. The Bertz CT molecular complexity index is 356. The van der Waals surface area contributed by atoms with Gasteiger partial charge in [0, 0.05) is 51.9 Å². The maximum Gasteiger partial charge on any atom is 0.239 e. The molecule has 0 spiro atoms. The molecule has 0 N–H and O–H groups in total. The van der Waals surface area contributed by atoms with Crippen LogP contribution in [0.15, 0.2) is 0 Å². The summed E-state index contributed by atoms with van der Waals surface area (Å²) in [6.45, 7) is 13.9. The Hall–Kier alpha value is -0.650. The fourth-order valence-corrected chi connectivity index (χ4v) is 3.74. The molecule has 2 atom stereocenters. The molecule has 0 aliphatic carbocycles. The Morgan fingerprint density at radius 3 is 2.43 bits per heavy atom. The Morgan fingerprint density at radius 1 is 1.13 bits per heavy atom. The predicted octanol–water partition coefficient (Wildman–Crippen LogP) is 1.82. The smallest absolute Gasteiger partial charge is 0.239 e. The topological polar surface area (TPSA) is 36.0 Å².